The molecule has 0 bridgehead atoms. The molecule has 4 heteroatoms. The smallest absolute Gasteiger partial charge is 0.128 e. The van der Waals surface area contributed by atoms with E-state index >= 15 is 0 Å². The van der Waals surface area contributed by atoms with E-state index in [1.54, 1.807) is 13.2 Å². The van der Waals surface area contributed by atoms with Crippen LogP contribution in [0.5, 0.6) is 0 Å². The van der Waals surface area contributed by atoms with E-state index in [0.29, 0.717) is 24.1 Å². The van der Waals surface area contributed by atoms with Gasteiger partial charge in [0.25, 0.3) is 0 Å². The number of hydrogen-bond donors (Lipinski definition) is 1. The molecule has 2 rings (SSSR count). The molecule has 1 saturated carbocycles. The third-order valence-electron chi connectivity index (χ3n) is 4.46. The lowest BCUT2D eigenvalue weighted by atomic mass is 9.96. The molecule has 21 heavy (non-hydrogen) atoms. The highest BCUT2D eigenvalue weighted by Crippen LogP contribution is 2.39. The van der Waals surface area contributed by atoms with E-state index in [9.17, 15) is 4.39 Å². The Morgan fingerprint density at radius 2 is 2.00 bits per heavy atom. The summed E-state index contributed by atoms with van der Waals surface area (Å²) in [5.41, 5.74) is 6.91. The number of ether oxygens (including phenoxy) is 1. The number of halogens is 1. The maximum atomic E-state index is 14.2. The summed E-state index contributed by atoms with van der Waals surface area (Å²) in [6, 6.07) is 7.11. The Bertz CT molecular complexity index is 448. The number of nitrogens with zero attached hydrogens (tertiary/aromatic N) is 1. The summed E-state index contributed by atoms with van der Waals surface area (Å²) in [6.45, 7) is 5.59. The Kier molecular flexibility index (Phi) is 5.73. The number of benzene rings is 1. The van der Waals surface area contributed by atoms with E-state index in [-0.39, 0.29) is 17.9 Å². The minimum Gasteiger partial charge on any atom is -0.383 e. The van der Waals surface area contributed by atoms with Crippen molar-refractivity contribution in [3.8, 4) is 0 Å². The lowest BCUT2D eigenvalue weighted by Gasteiger charge is -2.39. The molecule has 1 aliphatic carbocycles. The van der Waals surface area contributed by atoms with Crippen LogP contribution in [0, 0.1) is 11.7 Å². The van der Waals surface area contributed by atoms with Crippen LogP contribution in [0.15, 0.2) is 24.3 Å². The lowest BCUT2D eigenvalue weighted by Crippen LogP contribution is -2.46. The van der Waals surface area contributed by atoms with Crippen LogP contribution < -0.4 is 5.73 Å². The van der Waals surface area contributed by atoms with Gasteiger partial charge in [-0.1, -0.05) is 18.2 Å². The van der Waals surface area contributed by atoms with Gasteiger partial charge in [-0.3, -0.25) is 4.90 Å². The number of methoxy groups -OCH3 is 1. The van der Waals surface area contributed by atoms with Gasteiger partial charge in [-0.15, -0.1) is 0 Å². The van der Waals surface area contributed by atoms with Gasteiger partial charge in [0, 0.05) is 31.3 Å². The first kappa shape index (κ1) is 16.4. The first-order chi connectivity index (χ1) is 10.1. The van der Waals surface area contributed by atoms with Gasteiger partial charge >= 0.3 is 0 Å². The largest absolute Gasteiger partial charge is 0.383 e. The predicted molar refractivity (Wildman–Crippen MR) is 83.6 cm³/mol. The Morgan fingerprint density at radius 3 is 2.52 bits per heavy atom. The molecule has 1 aromatic rings. The van der Waals surface area contributed by atoms with Crippen LogP contribution >= 0.6 is 0 Å². The second-order valence-corrected chi connectivity index (χ2v) is 6.13. The van der Waals surface area contributed by atoms with Crippen molar-refractivity contribution in [3.63, 3.8) is 0 Å². The molecule has 1 aromatic carbocycles. The van der Waals surface area contributed by atoms with Crippen molar-refractivity contribution in [1.29, 1.82) is 0 Å². The summed E-state index contributed by atoms with van der Waals surface area (Å²) < 4.78 is 19.5. The van der Waals surface area contributed by atoms with Crippen molar-refractivity contribution in [2.75, 3.05) is 20.3 Å². The summed E-state index contributed by atoms with van der Waals surface area (Å²) in [5.74, 6) is 0.528. The van der Waals surface area contributed by atoms with Crippen LogP contribution in [0.25, 0.3) is 0 Å². The second-order valence-electron chi connectivity index (χ2n) is 6.13. The van der Waals surface area contributed by atoms with Crippen LogP contribution in [0.2, 0.25) is 0 Å². The van der Waals surface area contributed by atoms with Crippen molar-refractivity contribution in [2.45, 2.75) is 44.8 Å². The van der Waals surface area contributed by atoms with E-state index in [1.807, 2.05) is 19.1 Å². The summed E-state index contributed by atoms with van der Waals surface area (Å²) in [5, 5.41) is 0. The van der Waals surface area contributed by atoms with E-state index in [0.717, 1.165) is 6.54 Å². The van der Waals surface area contributed by atoms with Gasteiger partial charge in [0.05, 0.1) is 12.6 Å². The van der Waals surface area contributed by atoms with Gasteiger partial charge < -0.3 is 10.5 Å². The molecule has 0 amide bonds. The quantitative estimate of drug-likeness (QED) is 0.801. The van der Waals surface area contributed by atoms with Gasteiger partial charge in [-0.25, -0.2) is 4.39 Å². The van der Waals surface area contributed by atoms with Crippen molar-refractivity contribution in [2.24, 2.45) is 11.7 Å². The first-order valence-electron chi connectivity index (χ1n) is 7.81. The fourth-order valence-electron chi connectivity index (χ4n) is 3.12. The molecule has 1 aliphatic rings. The molecule has 0 radical (unpaired) electrons. The maximum Gasteiger partial charge on any atom is 0.128 e. The van der Waals surface area contributed by atoms with Gasteiger partial charge in [0.1, 0.15) is 5.82 Å². The van der Waals surface area contributed by atoms with E-state index < -0.39 is 0 Å². The molecule has 0 aliphatic heterocycles. The zero-order valence-corrected chi connectivity index (χ0v) is 13.3. The van der Waals surface area contributed by atoms with Crippen LogP contribution in [0.4, 0.5) is 4.39 Å². The second kappa shape index (κ2) is 7.34. The minimum absolute atomic E-state index is 0.114. The Morgan fingerprint density at radius 1 is 1.33 bits per heavy atom. The first-order valence-corrected chi connectivity index (χ1v) is 7.81. The standard InChI is InChI=1S/C17H27FN2O/c1-12(19)17(15-6-4-5-7-16(15)18)20(10-11-21-3)13(2)14-8-9-14/h4-7,12-14,17H,8-11,19H2,1-3H3. The van der Waals surface area contributed by atoms with Gasteiger partial charge in [-0.05, 0) is 38.7 Å². The third-order valence-corrected chi connectivity index (χ3v) is 4.46. The molecule has 2 N–H and O–H groups in total. The van der Waals surface area contributed by atoms with Gasteiger partial charge in [-0.2, -0.15) is 0 Å². The van der Waals surface area contributed by atoms with Gasteiger partial charge in [0.15, 0.2) is 0 Å². The van der Waals surface area contributed by atoms with Gasteiger partial charge in [0.2, 0.25) is 0 Å². The number of nitrogens with two attached hydrogens (primary N) is 1. The molecule has 3 atom stereocenters. The predicted octanol–water partition coefficient (Wildman–Crippen LogP) is 2.96. The molecular weight excluding hydrogens is 267 g/mol. The summed E-state index contributed by atoms with van der Waals surface area (Å²) >= 11 is 0. The average Bonchev–Trinajstić information content (AvgIpc) is 3.28. The molecule has 1 fully saturated rings. The minimum atomic E-state index is -0.176. The zero-order chi connectivity index (χ0) is 15.4. The summed E-state index contributed by atoms with van der Waals surface area (Å²) in [6.07, 6.45) is 2.52. The number of rotatable bonds is 8. The Labute approximate surface area is 127 Å². The Hall–Kier alpha value is -0.970. The van der Waals surface area contributed by atoms with E-state index in [4.69, 9.17) is 10.5 Å². The zero-order valence-electron chi connectivity index (χ0n) is 13.3. The molecule has 0 spiro atoms. The normalized spacial score (nSPS) is 19.5. The third kappa shape index (κ3) is 4.02. The van der Waals surface area contributed by atoms with Crippen LogP contribution in [0.1, 0.15) is 38.3 Å². The highest BCUT2D eigenvalue weighted by atomic mass is 19.1. The Balaban J connectivity index is 2.29. The topological polar surface area (TPSA) is 38.5 Å². The SMILES string of the molecule is COCCN(C(C)C1CC1)C(c1ccccc1F)C(C)N. The number of hydrogen-bond acceptors (Lipinski definition) is 3. The molecule has 3 nitrogen and oxygen atoms in total. The van der Waals surface area contributed by atoms with E-state index in [1.165, 1.54) is 18.9 Å². The molecule has 0 heterocycles. The highest BCUT2D eigenvalue weighted by molar-refractivity contribution is 5.23. The average molecular weight is 294 g/mol. The summed E-state index contributed by atoms with van der Waals surface area (Å²) in [4.78, 5) is 2.32. The van der Waals surface area contributed by atoms with Crippen molar-refractivity contribution in [1.82, 2.24) is 4.90 Å². The van der Waals surface area contributed by atoms with Crippen molar-refractivity contribution in [3.05, 3.63) is 35.6 Å². The van der Waals surface area contributed by atoms with Crippen molar-refractivity contribution < 1.29 is 9.13 Å². The van der Waals surface area contributed by atoms with Crippen molar-refractivity contribution >= 4 is 0 Å². The van der Waals surface area contributed by atoms with Crippen LogP contribution in [-0.2, 0) is 4.74 Å². The van der Waals surface area contributed by atoms with E-state index in [2.05, 4.69) is 11.8 Å². The summed E-state index contributed by atoms with van der Waals surface area (Å²) in [7, 11) is 1.70. The molecule has 3 unspecified atom stereocenters. The maximum absolute atomic E-state index is 14.2. The molecular formula is C17H27FN2O. The molecule has 0 saturated heterocycles. The van der Waals surface area contributed by atoms with Crippen LogP contribution in [-0.4, -0.2) is 37.2 Å². The van der Waals surface area contributed by atoms with Crippen LogP contribution in [0.3, 0.4) is 0 Å². The highest BCUT2D eigenvalue weighted by Gasteiger charge is 2.37. The fraction of sp³-hybridized carbons (Fsp3) is 0.647. The monoisotopic (exact) mass is 294 g/mol. The lowest BCUT2D eigenvalue weighted by molar-refractivity contribution is 0.0704. The fourth-order valence-corrected chi connectivity index (χ4v) is 3.12. The molecule has 0 aromatic heterocycles. The molecule has 118 valence electrons.